The molecule has 2 heterocycles. The van der Waals surface area contributed by atoms with Crippen LogP contribution in [-0.2, 0) is 11.2 Å². The maximum Gasteiger partial charge on any atom is 0.276 e. The highest BCUT2D eigenvalue weighted by Gasteiger charge is 2.23. The first-order valence-electron chi connectivity index (χ1n) is 11.8. The van der Waals surface area contributed by atoms with Gasteiger partial charge < -0.3 is 14.7 Å². The summed E-state index contributed by atoms with van der Waals surface area (Å²) in [5, 5.41) is 6.97. The highest BCUT2D eigenvalue weighted by atomic mass is 16.5. The number of aryl methyl sites for hydroxylation is 3. The van der Waals surface area contributed by atoms with Gasteiger partial charge >= 0.3 is 0 Å². The summed E-state index contributed by atoms with van der Waals surface area (Å²) in [4.78, 5) is 31.5. The van der Waals surface area contributed by atoms with Crippen molar-refractivity contribution in [2.75, 3.05) is 19.6 Å². The number of hydrogen-bond acceptors (Lipinski definition) is 5. The van der Waals surface area contributed by atoms with Crippen molar-refractivity contribution in [3.8, 4) is 11.3 Å². The smallest absolute Gasteiger partial charge is 0.276 e. The van der Waals surface area contributed by atoms with Gasteiger partial charge in [-0.05, 0) is 49.9 Å². The van der Waals surface area contributed by atoms with Gasteiger partial charge in [0, 0.05) is 56.0 Å². The van der Waals surface area contributed by atoms with Gasteiger partial charge in [0.15, 0.2) is 11.5 Å². The molecule has 7 nitrogen and oxygen atoms in total. The van der Waals surface area contributed by atoms with E-state index >= 15 is 0 Å². The molecule has 0 radical (unpaired) electrons. The van der Waals surface area contributed by atoms with Gasteiger partial charge in [0.25, 0.3) is 5.91 Å². The second kappa shape index (κ2) is 11.6. The van der Waals surface area contributed by atoms with Gasteiger partial charge in [-0.1, -0.05) is 42.8 Å². The van der Waals surface area contributed by atoms with Crippen LogP contribution >= 0.6 is 0 Å². The molecule has 1 N–H and O–H groups in total. The number of aromatic nitrogens is 2. The monoisotopic (exact) mass is 462 g/mol. The fraction of sp³-hybridized carbons (Fsp3) is 0.407. The molecule has 0 aliphatic rings. The Morgan fingerprint density at radius 2 is 1.82 bits per heavy atom. The molecule has 1 aromatic carbocycles. The van der Waals surface area contributed by atoms with Crippen molar-refractivity contribution in [1.29, 1.82) is 0 Å². The minimum absolute atomic E-state index is 0.0933. The fourth-order valence-corrected chi connectivity index (χ4v) is 4.14. The van der Waals surface area contributed by atoms with E-state index in [4.69, 9.17) is 4.52 Å². The molecule has 0 saturated heterocycles. The predicted molar refractivity (Wildman–Crippen MR) is 132 cm³/mol. The summed E-state index contributed by atoms with van der Waals surface area (Å²) in [5.41, 5.74) is 5.48. The average Bonchev–Trinajstić information content (AvgIpc) is 3.25. The van der Waals surface area contributed by atoms with E-state index in [-0.39, 0.29) is 29.8 Å². The molecular formula is C27H34N4O3. The van der Waals surface area contributed by atoms with Crippen LogP contribution in [0.2, 0.25) is 0 Å². The van der Waals surface area contributed by atoms with Crippen molar-refractivity contribution in [1.82, 2.24) is 20.4 Å². The lowest BCUT2D eigenvalue weighted by molar-refractivity contribution is -0.121. The summed E-state index contributed by atoms with van der Waals surface area (Å²) in [6, 6.07) is 11.6. The number of carbonyl (C=O) groups excluding carboxylic acids is 2. The Balaban J connectivity index is 1.63. The standard InChI is InChI=1S/C27H34N4O3/c1-18(2)17-31(13-10-25(32)29-12-9-22-8-6-7-11-28-22)27(33)23-16-24(34-30-23)26-20(4)14-19(3)15-21(26)5/h6-8,11,14-16,18H,9-10,12-13,17H2,1-5H3,(H,29,32). The average molecular weight is 463 g/mol. The van der Waals surface area contributed by atoms with Crippen LogP contribution in [-0.4, -0.2) is 46.5 Å². The molecule has 180 valence electrons. The first-order chi connectivity index (χ1) is 16.2. The van der Waals surface area contributed by atoms with Gasteiger partial charge in [0.1, 0.15) is 0 Å². The van der Waals surface area contributed by atoms with Gasteiger partial charge in [-0.3, -0.25) is 14.6 Å². The number of pyridine rings is 1. The SMILES string of the molecule is Cc1cc(C)c(-c2cc(C(=O)N(CCC(=O)NCCc3ccccn3)CC(C)C)no2)c(C)c1. The van der Waals surface area contributed by atoms with Crippen LogP contribution in [0.1, 0.15) is 53.1 Å². The zero-order valence-corrected chi connectivity index (χ0v) is 20.7. The molecule has 2 amide bonds. The molecule has 7 heteroatoms. The van der Waals surface area contributed by atoms with Gasteiger partial charge in [-0.2, -0.15) is 0 Å². The molecule has 34 heavy (non-hydrogen) atoms. The van der Waals surface area contributed by atoms with E-state index in [9.17, 15) is 9.59 Å². The molecule has 0 unspecified atom stereocenters. The van der Waals surface area contributed by atoms with Gasteiger partial charge in [-0.25, -0.2) is 0 Å². The Bertz CT molecular complexity index is 1100. The number of carbonyl (C=O) groups is 2. The number of benzene rings is 1. The van der Waals surface area contributed by atoms with Crippen molar-refractivity contribution in [3.63, 3.8) is 0 Å². The molecule has 0 aliphatic carbocycles. The van der Waals surface area contributed by atoms with Crippen LogP contribution in [0.3, 0.4) is 0 Å². The summed E-state index contributed by atoms with van der Waals surface area (Å²) in [7, 11) is 0. The number of nitrogens with one attached hydrogen (secondary N) is 1. The van der Waals surface area contributed by atoms with Crippen molar-refractivity contribution in [2.45, 2.75) is 47.5 Å². The quantitative estimate of drug-likeness (QED) is 0.479. The Morgan fingerprint density at radius 3 is 2.47 bits per heavy atom. The lowest BCUT2D eigenvalue weighted by atomic mass is 9.98. The lowest BCUT2D eigenvalue weighted by Crippen LogP contribution is -2.38. The van der Waals surface area contributed by atoms with Crippen LogP contribution < -0.4 is 5.32 Å². The van der Waals surface area contributed by atoms with E-state index in [0.29, 0.717) is 31.8 Å². The van der Waals surface area contributed by atoms with E-state index in [2.05, 4.69) is 34.5 Å². The normalized spacial score (nSPS) is 11.0. The number of hydrogen-bond donors (Lipinski definition) is 1. The summed E-state index contributed by atoms with van der Waals surface area (Å²) in [5.74, 6) is 0.510. The van der Waals surface area contributed by atoms with Gasteiger partial charge in [0.05, 0.1) is 0 Å². The summed E-state index contributed by atoms with van der Waals surface area (Å²) in [6.45, 7) is 11.5. The van der Waals surface area contributed by atoms with Gasteiger partial charge in [-0.15, -0.1) is 0 Å². The first kappa shape index (κ1) is 25.1. The van der Waals surface area contributed by atoms with Crippen molar-refractivity contribution >= 4 is 11.8 Å². The minimum Gasteiger partial charge on any atom is -0.356 e. The van der Waals surface area contributed by atoms with E-state index in [1.165, 1.54) is 5.56 Å². The minimum atomic E-state index is -0.229. The van der Waals surface area contributed by atoms with E-state index < -0.39 is 0 Å². The number of nitrogens with zero attached hydrogens (tertiary/aromatic N) is 3. The molecule has 0 atom stereocenters. The number of rotatable bonds is 10. The van der Waals surface area contributed by atoms with Crippen LogP contribution in [0.5, 0.6) is 0 Å². The van der Waals surface area contributed by atoms with Crippen molar-refractivity contribution < 1.29 is 14.1 Å². The lowest BCUT2D eigenvalue weighted by Gasteiger charge is -2.23. The Morgan fingerprint density at radius 1 is 1.09 bits per heavy atom. The molecule has 3 aromatic rings. The molecule has 0 spiro atoms. The first-order valence-corrected chi connectivity index (χ1v) is 11.8. The molecule has 0 aliphatic heterocycles. The molecule has 0 saturated carbocycles. The topological polar surface area (TPSA) is 88.3 Å². The Kier molecular flexibility index (Phi) is 8.57. The predicted octanol–water partition coefficient (Wildman–Crippen LogP) is 4.51. The third-order valence-corrected chi connectivity index (χ3v) is 5.56. The Labute approximate surface area is 201 Å². The summed E-state index contributed by atoms with van der Waals surface area (Å²) < 4.78 is 5.57. The zero-order chi connectivity index (χ0) is 24.7. The molecule has 0 bridgehead atoms. The van der Waals surface area contributed by atoms with E-state index in [1.807, 2.05) is 45.9 Å². The second-order valence-corrected chi connectivity index (χ2v) is 9.17. The third-order valence-electron chi connectivity index (χ3n) is 5.56. The van der Waals surface area contributed by atoms with Crippen LogP contribution in [0, 0.1) is 26.7 Å². The van der Waals surface area contributed by atoms with Crippen LogP contribution in [0.25, 0.3) is 11.3 Å². The highest BCUT2D eigenvalue weighted by molar-refractivity contribution is 5.93. The molecular weight excluding hydrogens is 428 g/mol. The molecule has 3 rings (SSSR count). The van der Waals surface area contributed by atoms with Crippen molar-refractivity contribution in [3.05, 3.63) is 70.7 Å². The summed E-state index contributed by atoms with van der Waals surface area (Å²) >= 11 is 0. The molecule has 0 fully saturated rings. The summed E-state index contributed by atoms with van der Waals surface area (Å²) in [6.07, 6.45) is 2.63. The zero-order valence-electron chi connectivity index (χ0n) is 20.7. The third kappa shape index (κ3) is 6.76. The maximum absolute atomic E-state index is 13.2. The van der Waals surface area contributed by atoms with E-state index in [1.54, 1.807) is 17.2 Å². The number of amides is 2. The fourth-order valence-electron chi connectivity index (χ4n) is 4.14. The van der Waals surface area contributed by atoms with Crippen LogP contribution in [0.4, 0.5) is 0 Å². The maximum atomic E-state index is 13.2. The van der Waals surface area contributed by atoms with E-state index in [0.717, 1.165) is 22.4 Å². The Hall–Kier alpha value is -3.48. The largest absolute Gasteiger partial charge is 0.356 e. The highest BCUT2D eigenvalue weighted by Crippen LogP contribution is 2.29. The second-order valence-electron chi connectivity index (χ2n) is 9.17. The van der Waals surface area contributed by atoms with Crippen molar-refractivity contribution in [2.24, 2.45) is 5.92 Å². The molecule has 2 aromatic heterocycles. The van der Waals surface area contributed by atoms with Crippen LogP contribution in [0.15, 0.2) is 47.1 Å². The van der Waals surface area contributed by atoms with Gasteiger partial charge in [0.2, 0.25) is 5.91 Å².